The van der Waals surface area contributed by atoms with Crippen LogP contribution in [0.25, 0.3) is 10.8 Å². The minimum Gasteiger partial charge on any atom is -0.465 e. The molecule has 1 aromatic heterocycles. The van der Waals surface area contributed by atoms with Gasteiger partial charge in [-0.3, -0.25) is 0 Å². The smallest absolute Gasteiger partial charge is 0.337 e. The number of hydrogen-bond donors (Lipinski definition) is 2. The van der Waals surface area contributed by atoms with Gasteiger partial charge in [0.05, 0.1) is 18.9 Å². The van der Waals surface area contributed by atoms with Gasteiger partial charge >= 0.3 is 5.97 Å². The van der Waals surface area contributed by atoms with E-state index in [0.29, 0.717) is 17.9 Å². The van der Waals surface area contributed by atoms with Gasteiger partial charge < -0.3 is 19.6 Å². The molecule has 0 aliphatic heterocycles. The van der Waals surface area contributed by atoms with E-state index in [2.05, 4.69) is 12.2 Å². The Morgan fingerprint density at radius 2 is 1.92 bits per heavy atom. The van der Waals surface area contributed by atoms with Crippen LogP contribution in [0.15, 0.2) is 59.2 Å². The predicted octanol–water partition coefficient (Wildman–Crippen LogP) is 3.47. The SMILES string of the molecule is COC(=O)c1ccc(CC(C)NC[C@@H](O)c2occ3ccccc23)cc1. The lowest BCUT2D eigenvalue weighted by atomic mass is 10.0. The second-order valence-corrected chi connectivity index (χ2v) is 6.40. The summed E-state index contributed by atoms with van der Waals surface area (Å²) in [5.41, 5.74) is 1.65. The Labute approximate surface area is 152 Å². The summed E-state index contributed by atoms with van der Waals surface area (Å²) in [5, 5.41) is 15.7. The predicted molar refractivity (Wildman–Crippen MR) is 100 cm³/mol. The summed E-state index contributed by atoms with van der Waals surface area (Å²) in [6, 6.07) is 15.3. The first-order valence-corrected chi connectivity index (χ1v) is 8.63. The van der Waals surface area contributed by atoms with E-state index in [0.717, 1.165) is 22.8 Å². The highest BCUT2D eigenvalue weighted by molar-refractivity contribution is 5.89. The van der Waals surface area contributed by atoms with Crippen molar-refractivity contribution in [2.75, 3.05) is 13.7 Å². The van der Waals surface area contributed by atoms with Gasteiger partial charge in [-0.2, -0.15) is 0 Å². The molecule has 136 valence electrons. The molecule has 5 heteroatoms. The normalized spacial score (nSPS) is 13.5. The molecule has 0 radical (unpaired) electrons. The van der Waals surface area contributed by atoms with Gasteiger partial charge in [-0.05, 0) is 31.0 Å². The quantitative estimate of drug-likeness (QED) is 0.637. The largest absolute Gasteiger partial charge is 0.465 e. The number of aliphatic hydroxyl groups is 1. The van der Waals surface area contributed by atoms with Gasteiger partial charge in [-0.15, -0.1) is 0 Å². The number of esters is 1. The third-order valence-corrected chi connectivity index (χ3v) is 4.42. The molecule has 5 nitrogen and oxygen atoms in total. The van der Waals surface area contributed by atoms with E-state index >= 15 is 0 Å². The van der Waals surface area contributed by atoms with Crippen molar-refractivity contribution in [3.05, 3.63) is 71.7 Å². The summed E-state index contributed by atoms with van der Waals surface area (Å²) >= 11 is 0. The molecule has 2 atom stereocenters. The Morgan fingerprint density at radius 3 is 2.65 bits per heavy atom. The number of rotatable bonds is 7. The van der Waals surface area contributed by atoms with Crippen LogP contribution in [-0.4, -0.2) is 30.8 Å². The fourth-order valence-corrected chi connectivity index (χ4v) is 3.00. The molecule has 0 saturated carbocycles. The van der Waals surface area contributed by atoms with Gasteiger partial charge in [0.25, 0.3) is 0 Å². The van der Waals surface area contributed by atoms with Gasteiger partial charge in [-0.25, -0.2) is 4.79 Å². The summed E-state index contributed by atoms with van der Waals surface area (Å²) < 4.78 is 10.2. The summed E-state index contributed by atoms with van der Waals surface area (Å²) in [6.07, 6.45) is 1.74. The Bertz CT molecular complexity index is 869. The third kappa shape index (κ3) is 4.12. The maximum absolute atomic E-state index is 11.5. The van der Waals surface area contributed by atoms with E-state index in [1.807, 2.05) is 36.4 Å². The van der Waals surface area contributed by atoms with Crippen LogP contribution < -0.4 is 5.32 Å². The van der Waals surface area contributed by atoms with Gasteiger partial charge in [0.1, 0.15) is 11.9 Å². The van der Waals surface area contributed by atoms with E-state index in [-0.39, 0.29) is 12.0 Å². The van der Waals surface area contributed by atoms with Crippen molar-refractivity contribution in [3.63, 3.8) is 0 Å². The number of benzene rings is 2. The van der Waals surface area contributed by atoms with Crippen LogP contribution in [0.2, 0.25) is 0 Å². The fraction of sp³-hybridized carbons (Fsp3) is 0.286. The Kier molecular flexibility index (Phi) is 5.71. The molecule has 3 aromatic rings. The minimum absolute atomic E-state index is 0.162. The first kappa shape index (κ1) is 18.2. The molecule has 1 heterocycles. The van der Waals surface area contributed by atoms with Crippen LogP contribution in [0.4, 0.5) is 0 Å². The van der Waals surface area contributed by atoms with Crippen LogP contribution in [-0.2, 0) is 11.2 Å². The van der Waals surface area contributed by atoms with Gasteiger partial charge in [-0.1, -0.05) is 36.4 Å². The standard InChI is InChI=1S/C21H23NO4/c1-14(11-15-7-9-16(10-8-15)21(24)25-2)22-12-19(23)20-18-6-4-3-5-17(18)13-26-20/h3-10,13-14,19,22-23H,11-12H2,1-2H3/t14?,19-/m1/s1. The van der Waals surface area contributed by atoms with E-state index < -0.39 is 6.10 Å². The summed E-state index contributed by atoms with van der Waals surface area (Å²) in [4.78, 5) is 11.5. The minimum atomic E-state index is -0.709. The van der Waals surface area contributed by atoms with E-state index in [1.54, 1.807) is 18.4 Å². The number of carbonyl (C=O) groups excluding carboxylic acids is 1. The summed E-state index contributed by atoms with van der Waals surface area (Å²) in [6.45, 7) is 2.46. The highest BCUT2D eigenvalue weighted by Gasteiger charge is 2.16. The van der Waals surface area contributed by atoms with Crippen molar-refractivity contribution in [2.24, 2.45) is 0 Å². The van der Waals surface area contributed by atoms with Crippen molar-refractivity contribution in [1.82, 2.24) is 5.32 Å². The van der Waals surface area contributed by atoms with Crippen LogP contribution in [0, 0.1) is 0 Å². The maximum Gasteiger partial charge on any atom is 0.337 e. The highest BCUT2D eigenvalue weighted by atomic mass is 16.5. The first-order valence-electron chi connectivity index (χ1n) is 8.63. The van der Waals surface area contributed by atoms with E-state index in [4.69, 9.17) is 9.15 Å². The molecule has 0 aliphatic rings. The van der Waals surface area contributed by atoms with E-state index in [1.165, 1.54) is 7.11 Å². The number of hydrogen-bond acceptors (Lipinski definition) is 5. The molecule has 0 saturated heterocycles. The highest BCUT2D eigenvalue weighted by Crippen LogP contribution is 2.26. The topological polar surface area (TPSA) is 71.7 Å². The number of furan rings is 1. The zero-order valence-corrected chi connectivity index (χ0v) is 14.9. The second kappa shape index (κ2) is 8.17. The molecule has 0 spiro atoms. The lowest BCUT2D eigenvalue weighted by Crippen LogP contribution is -2.32. The van der Waals surface area contributed by atoms with Crippen molar-refractivity contribution in [2.45, 2.75) is 25.5 Å². The van der Waals surface area contributed by atoms with Crippen molar-refractivity contribution >= 4 is 16.7 Å². The Morgan fingerprint density at radius 1 is 1.19 bits per heavy atom. The monoisotopic (exact) mass is 353 g/mol. The number of carbonyl (C=O) groups is 1. The zero-order valence-electron chi connectivity index (χ0n) is 14.9. The molecule has 0 bridgehead atoms. The third-order valence-electron chi connectivity index (χ3n) is 4.42. The Hall–Kier alpha value is -2.63. The van der Waals surface area contributed by atoms with Crippen molar-refractivity contribution in [3.8, 4) is 0 Å². The molecule has 1 unspecified atom stereocenters. The van der Waals surface area contributed by atoms with Gasteiger partial charge in [0.15, 0.2) is 0 Å². The van der Waals surface area contributed by atoms with Crippen molar-refractivity contribution in [1.29, 1.82) is 0 Å². The number of nitrogens with one attached hydrogen (secondary N) is 1. The molecular weight excluding hydrogens is 330 g/mol. The van der Waals surface area contributed by atoms with Crippen molar-refractivity contribution < 1.29 is 19.1 Å². The number of aliphatic hydroxyl groups excluding tert-OH is 1. The molecule has 26 heavy (non-hydrogen) atoms. The van der Waals surface area contributed by atoms with Crippen LogP contribution in [0.5, 0.6) is 0 Å². The number of ether oxygens (including phenoxy) is 1. The fourth-order valence-electron chi connectivity index (χ4n) is 3.00. The Balaban J connectivity index is 1.55. The summed E-state index contributed by atoms with van der Waals surface area (Å²) in [7, 11) is 1.37. The maximum atomic E-state index is 11.5. The van der Waals surface area contributed by atoms with E-state index in [9.17, 15) is 9.90 Å². The molecule has 3 rings (SSSR count). The van der Waals surface area contributed by atoms with Gasteiger partial charge in [0.2, 0.25) is 0 Å². The first-order chi connectivity index (χ1) is 12.6. The second-order valence-electron chi connectivity index (χ2n) is 6.40. The molecule has 0 aliphatic carbocycles. The summed E-state index contributed by atoms with van der Waals surface area (Å²) in [5.74, 6) is 0.249. The van der Waals surface area contributed by atoms with Crippen LogP contribution >= 0.6 is 0 Å². The molecule has 2 aromatic carbocycles. The molecule has 0 fully saturated rings. The number of methoxy groups -OCH3 is 1. The average Bonchev–Trinajstić information content (AvgIpc) is 3.10. The lowest BCUT2D eigenvalue weighted by molar-refractivity contribution is 0.0600. The molecule has 2 N–H and O–H groups in total. The average molecular weight is 353 g/mol. The van der Waals surface area contributed by atoms with Gasteiger partial charge in [0, 0.05) is 23.4 Å². The molecular formula is C21H23NO4. The lowest BCUT2D eigenvalue weighted by Gasteiger charge is -2.16. The number of fused-ring (bicyclic) bond motifs is 1. The van der Waals surface area contributed by atoms with Crippen LogP contribution in [0.3, 0.4) is 0 Å². The molecule has 0 amide bonds. The zero-order chi connectivity index (χ0) is 18.5. The van der Waals surface area contributed by atoms with Crippen LogP contribution in [0.1, 0.15) is 34.7 Å².